The molecule has 4 aromatic heterocycles. The second-order valence-electron chi connectivity index (χ2n) is 24.6. The Bertz CT molecular complexity index is 3770. The fraction of sp³-hybridized carbons (Fsp3) is 0.508. The quantitative estimate of drug-likeness (QED) is 0.0774. The van der Waals surface area contributed by atoms with Crippen LogP contribution in [0.4, 0.5) is 52.7 Å². The van der Waals surface area contributed by atoms with Gasteiger partial charge in [0.05, 0.1) is 24.4 Å². The van der Waals surface area contributed by atoms with Crippen LogP contribution >= 0.6 is 0 Å². The first-order valence-corrected chi connectivity index (χ1v) is 30.0. The van der Waals surface area contributed by atoms with Gasteiger partial charge < -0.3 is 15.6 Å². The first kappa shape index (κ1) is 63.7. The van der Waals surface area contributed by atoms with Crippen LogP contribution in [0.15, 0.2) is 54.7 Å². The SMILES string of the molecule is CCOC(=O)Cn1nc(C(F)(F)F)c2c1C1CC1CC2.NC(=O)c1cc(-c2cccnc2[C@@H](CC(=O)Cn2nc(C(F)(F)F)c3c2C2CC2CC3)Cc2cc(F)cc(F)c2)ccc1F.O=C(O)Cn1nc(C(F)(F)F)c2c1C1CC1CC2.O=C1CCCC2CC12. The lowest BCUT2D eigenvalue weighted by Crippen LogP contribution is -2.19. The van der Waals surface area contributed by atoms with Crippen LogP contribution in [0.25, 0.3) is 11.1 Å². The van der Waals surface area contributed by atoms with Gasteiger partial charge in [0.2, 0.25) is 0 Å². The summed E-state index contributed by atoms with van der Waals surface area (Å²) in [5.74, 6) is -3.22. The number of rotatable bonds is 14. The van der Waals surface area contributed by atoms with E-state index in [0.29, 0.717) is 82.8 Å². The minimum Gasteiger partial charge on any atom is -0.480 e. The number of esters is 1. The number of aromatic nitrogens is 7. The monoisotopic (exact) mass is 1270 g/mol. The molecule has 27 heteroatoms. The van der Waals surface area contributed by atoms with Crippen molar-refractivity contribution in [3.05, 3.63) is 140 Å². The molecule has 5 saturated carbocycles. The summed E-state index contributed by atoms with van der Waals surface area (Å²) < 4.78 is 170. The molecule has 8 aliphatic carbocycles. The topological polar surface area (TPSA) is 207 Å². The highest BCUT2D eigenvalue weighted by atomic mass is 19.4. The molecule has 90 heavy (non-hydrogen) atoms. The zero-order valence-corrected chi connectivity index (χ0v) is 48.5. The third kappa shape index (κ3) is 13.9. The van der Waals surface area contributed by atoms with E-state index in [4.69, 9.17) is 15.6 Å². The summed E-state index contributed by atoms with van der Waals surface area (Å²) in [7, 11) is 0. The predicted molar refractivity (Wildman–Crippen MR) is 294 cm³/mol. The molecular formula is C63H62F12N8O7. The fourth-order valence-electron chi connectivity index (χ4n) is 14.1. The number of benzene rings is 2. The van der Waals surface area contributed by atoms with Crippen LogP contribution in [-0.2, 0) is 87.8 Å². The number of hydrogen-bond acceptors (Lipinski definition) is 10. The number of ketones is 2. The van der Waals surface area contributed by atoms with Crippen LogP contribution in [0.3, 0.4) is 0 Å². The number of carboxylic acid groups (broad SMARTS) is 1. The summed E-state index contributed by atoms with van der Waals surface area (Å²) in [6, 6.07) is 9.91. The Kier molecular flexibility index (Phi) is 17.5. The lowest BCUT2D eigenvalue weighted by atomic mass is 9.86. The molecule has 1 amide bonds. The minimum absolute atomic E-state index is 0.0516. The van der Waals surface area contributed by atoms with Crippen LogP contribution in [0, 0.1) is 47.0 Å². The van der Waals surface area contributed by atoms with Crippen LogP contribution in [0.5, 0.6) is 0 Å². The van der Waals surface area contributed by atoms with Crippen molar-refractivity contribution < 1.29 is 86.5 Å². The van der Waals surface area contributed by atoms with Gasteiger partial charge in [-0.1, -0.05) is 12.1 Å². The van der Waals surface area contributed by atoms with Crippen LogP contribution < -0.4 is 5.73 Å². The Hall–Kier alpha value is -7.87. The van der Waals surface area contributed by atoms with Gasteiger partial charge in [-0.15, -0.1) is 0 Å². The summed E-state index contributed by atoms with van der Waals surface area (Å²) in [4.78, 5) is 62.9. The standard InChI is InChI=1S/C32H26F6N4O2.C13H15F3N2O2.C11H11F3N2O2.C7H10O/c33-20-9-16(10-21(34)14-20)8-19(28-23(2-1-7-40-28)17-4-6-27(35)26(13-17)31(39)44)11-22(43)15-42-29-24(5-3-18-12-25(18)29)30(41-42)32(36,37)38;1-2-20-10(19)6-18-11-8(4-3-7-5-9(7)11)12(17-18)13(14,15)16;12-11(13,14)10-6-2-1-5-3-7(5)9(6)16(15-10)4-8(17)18;8-7-3-1-2-5-4-6(5)7/h1-2,4,6-7,9-10,13-14,18-19,25H,3,5,8,11-12,15H2,(H2,39,44);7,9H,2-6H2,1H3;5,7H,1-4H2,(H,17,18);5-6H,1-4H2/t18?,19-,25?;;;/m1.../s1. The van der Waals surface area contributed by atoms with E-state index in [9.17, 15) is 76.7 Å². The number of Topliss-reactive ketones (excluding diaryl/α,β-unsaturated/α-hetero) is 2. The van der Waals surface area contributed by atoms with E-state index < -0.39 is 95.7 Å². The molecule has 0 radical (unpaired) electrons. The van der Waals surface area contributed by atoms with E-state index in [-0.39, 0.29) is 83.9 Å². The molecule has 4 heterocycles. The molecule has 14 rings (SSSR count). The molecule has 3 N–H and O–H groups in total. The van der Waals surface area contributed by atoms with E-state index in [0.717, 1.165) is 67.3 Å². The molecule has 8 aliphatic rings. The van der Waals surface area contributed by atoms with Gasteiger partial charge in [-0.2, -0.15) is 54.8 Å². The molecule has 15 nitrogen and oxygen atoms in total. The third-order valence-electron chi connectivity index (χ3n) is 18.4. The number of alkyl halides is 9. The van der Waals surface area contributed by atoms with Crippen molar-refractivity contribution in [2.75, 3.05) is 6.61 Å². The maximum atomic E-state index is 14.3. The number of halogens is 12. The largest absolute Gasteiger partial charge is 0.480 e. The third-order valence-corrected chi connectivity index (χ3v) is 18.4. The number of nitrogens with zero attached hydrogens (tertiary/aromatic N) is 7. The summed E-state index contributed by atoms with van der Waals surface area (Å²) >= 11 is 0. The normalized spacial score (nSPS) is 23.1. The van der Waals surface area contributed by atoms with Crippen molar-refractivity contribution in [3.8, 4) is 11.1 Å². The maximum Gasteiger partial charge on any atom is 0.435 e. The van der Waals surface area contributed by atoms with Crippen molar-refractivity contribution >= 4 is 29.4 Å². The number of hydrogen-bond donors (Lipinski definition) is 2. The molecule has 0 spiro atoms. The summed E-state index contributed by atoms with van der Waals surface area (Å²) in [6.07, 6.45) is -2.21. The molecule has 480 valence electrons. The van der Waals surface area contributed by atoms with E-state index in [1.807, 2.05) is 0 Å². The fourth-order valence-corrected chi connectivity index (χ4v) is 14.1. The zero-order chi connectivity index (χ0) is 64.5. The molecular weight excluding hydrogens is 1210 g/mol. The molecule has 6 aromatic rings. The van der Waals surface area contributed by atoms with E-state index in [1.54, 1.807) is 19.1 Å². The highest BCUT2D eigenvalue weighted by molar-refractivity contribution is 5.94. The number of aliphatic carboxylic acids is 1. The van der Waals surface area contributed by atoms with Gasteiger partial charge in [0.15, 0.2) is 22.9 Å². The summed E-state index contributed by atoms with van der Waals surface area (Å²) in [5.41, 5.74) is 5.78. The second-order valence-corrected chi connectivity index (χ2v) is 24.6. The number of ether oxygens (including phenoxy) is 1. The van der Waals surface area contributed by atoms with Gasteiger partial charge in [-0.05, 0) is 156 Å². The highest BCUT2D eigenvalue weighted by Crippen LogP contribution is 2.58. The number of carbonyl (C=O) groups excluding carboxylic acids is 4. The Morgan fingerprint density at radius 3 is 1.60 bits per heavy atom. The van der Waals surface area contributed by atoms with E-state index in [2.05, 4.69) is 20.3 Å². The Labute approximate surface area is 506 Å². The highest BCUT2D eigenvalue weighted by Gasteiger charge is 2.53. The minimum atomic E-state index is -4.66. The molecule has 0 saturated heterocycles. The second kappa shape index (κ2) is 24.7. The van der Waals surface area contributed by atoms with Crippen LogP contribution in [0.2, 0.25) is 0 Å². The molecule has 0 bridgehead atoms. The summed E-state index contributed by atoms with van der Waals surface area (Å²) in [6.45, 7) is 0.715. The molecule has 8 unspecified atom stereocenters. The molecule has 5 fully saturated rings. The van der Waals surface area contributed by atoms with Gasteiger partial charge in [0, 0.05) is 94.0 Å². The van der Waals surface area contributed by atoms with Crippen molar-refractivity contribution in [3.63, 3.8) is 0 Å². The van der Waals surface area contributed by atoms with E-state index >= 15 is 0 Å². The molecule has 0 aliphatic heterocycles. The first-order valence-electron chi connectivity index (χ1n) is 30.0. The van der Waals surface area contributed by atoms with Crippen molar-refractivity contribution in [2.45, 2.75) is 165 Å². The Morgan fingerprint density at radius 1 is 0.644 bits per heavy atom. The average molecular weight is 1270 g/mol. The lowest BCUT2D eigenvalue weighted by molar-refractivity contribution is -0.146. The number of amides is 1. The van der Waals surface area contributed by atoms with Gasteiger partial charge in [0.25, 0.3) is 5.91 Å². The first-order chi connectivity index (χ1) is 42.6. The van der Waals surface area contributed by atoms with Gasteiger partial charge in [-0.25, -0.2) is 13.2 Å². The summed E-state index contributed by atoms with van der Waals surface area (Å²) in [5, 5.41) is 19.7. The van der Waals surface area contributed by atoms with E-state index in [1.165, 1.54) is 47.0 Å². The smallest absolute Gasteiger partial charge is 0.435 e. The van der Waals surface area contributed by atoms with Gasteiger partial charge in [-0.3, -0.25) is 43.0 Å². The number of pyridine rings is 1. The van der Waals surface area contributed by atoms with Crippen LogP contribution in [-0.4, -0.2) is 75.5 Å². The number of nitrogens with two attached hydrogens (primary N) is 1. The number of carbonyl (C=O) groups is 5. The maximum absolute atomic E-state index is 14.3. The molecule has 2 aromatic carbocycles. The lowest BCUT2D eigenvalue weighted by Gasteiger charge is -2.20. The Morgan fingerprint density at radius 2 is 1.13 bits per heavy atom. The van der Waals surface area contributed by atoms with Crippen molar-refractivity contribution in [2.24, 2.45) is 35.3 Å². The van der Waals surface area contributed by atoms with Crippen molar-refractivity contribution in [1.82, 2.24) is 34.3 Å². The zero-order valence-electron chi connectivity index (χ0n) is 48.5. The number of carboxylic acids is 1. The predicted octanol–water partition coefficient (Wildman–Crippen LogP) is 12.4. The van der Waals surface area contributed by atoms with Gasteiger partial charge in [0.1, 0.15) is 36.3 Å². The average Bonchev–Trinajstić information content (AvgIpc) is 1.60. The molecule has 9 atom stereocenters. The Balaban J connectivity index is 0.000000147. The van der Waals surface area contributed by atoms with Crippen molar-refractivity contribution in [1.29, 1.82) is 0 Å². The van der Waals surface area contributed by atoms with Gasteiger partial charge >= 0.3 is 30.5 Å². The number of fused-ring (bicyclic) bond motifs is 10. The number of primary amides is 1. The van der Waals surface area contributed by atoms with Crippen LogP contribution in [0.1, 0.15) is 174 Å².